The summed E-state index contributed by atoms with van der Waals surface area (Å²) in [6.07, 6.45) is 3.90. The van der Waals surface area contributed by atoms with Gasteiger partial charge in [-0.05, 0) is 26.6 Å². The Bertz CT molecular complexity index is 386. The van der Waals surface area contributed by atoms with Crippen molar-refractivity contribution < 1.29 is 5.11 Å². The third kappa shape index (κ3) is 2.89. The van der Waals surface area contributed by atoms with E-state index in [2.05, 4.69) is 14.8 Å². The van der Waals surface area contributed by atoms with E-state index in [4.69, 9.17) is 11.6 Å². The number of anilines is 1. The Morgan fingerprint density at radius 2 is 2.35 bits per heavy atom. The van der Waals surface area contributed by atoms with Crippen molar-refractivity contribution in [2.45, 2.75) is 18.6 Å². The van der Waals surface area contributed by atoms with Crippen molar-refractivity contribution in [2.24, 2.45) is 0 Å². The summed E-state index contributed by atoms with van der Waals surface area (Å²) in [6, 6.07) is 2.21. The average Bonchev–Trinajstić information content (AvgIpc) is 2.59. The normalized spacial score (nSPS) is 24.6. The third-order valence-corrected chi connectivity index (χ3v) is 3.32. The Morgan fingerprint density at radius 1 is 1.59 bits per heavy atom. The van der Waals surface area contributed by atoms with E-state index >= 15 is 0 Å². The molecule has 0 amide bonds. The fraction of sp³-hybridized carbons (Fsp3) is 0.583. The summed E-state index contributed by atoms with van der Waals surface area (Å²) in [4.78, 5) is 8.29. The first kappa shape index (κ1) is 12.6. The van der Waals surface area contributed by atoms with Gasteiger partial charge in [-0.3, -0.25) is 4.98 Å². The number of hydrogen-bond donors (Lipinski definition) is 1. The van der Waals surface area contributed by atoms with Gasteiger partial charge in [-0.15, -0.1) is 0 Å². The number of β-amino-alcohol motifs (C(OH)–C–C–N with tert-alkyl or cyclic N) is 1. The molecule has 17 heavy (non-hydrogen) atoms. The van der Waals surface area contributed by atoms with Gasteiger partial charge in [0.25, 0.3) is 0 Å². The Morgan fingerprint density at radius 3 is 3.00 bits per heavy atom. The van der Waals surface area contributed by atoms with Crippen LogP contribution in [0.25, 0.3) is 0 Å². The zero-order chi connectivity index (χ0) is 12.4. The van der Waals surface area contributed by atoms with Crippen LogP contribution < -0.4 is 4.90 Å². The summed E-state index contributed by atoms with van der Waals surface area (Å²) < 4.78 is 0. The fourth-order valence-electron chi connectivity index (χ4n) is 2.38. The molecule has 0 radical (unpaired) electrons. The van der Waals surface area contributed by atoms with E-state index in [1.54, 1.807) is 12.4 Å². The predicted molar refractivity (Wildman–Crippen MR) is 69.6 cm³/mol. The van der Waals surface area contributed by atoms with Crippen LogP contribution in [-0.2, 0) is 0 Å². The van der Waals surface area contributed by atoms with Gasteiger partial charge < -0.3 is 14.9 Å². The van der Waals surface area contributed by atoms with E-state index in [-0.39, 0.29) is 6.10 Å². The smallest absolute Gasteiger partial charge is 0.0822 e. The minimum absolute atomic E-state index is 0.274. The number of halogens is 1. The molecule has 0 bridgehead atoms. The molecule has 1 aromatic rings. The van der Waals surface area contributed by atoms with Crippen LogP contribution in [0.2, 0.25) is 5.02 Å². The molecule has 2 rings (SSSR count). The molecular weight excluding hydrogens is 238 g/mol. The first-order valence-corrected chi connectivity index (χ1v) is 6.14. The van der Waals surface area contributed by atoms with Gasteiger partial charge in [0, 0.05) is 31.5 Å². The minimum atomic E-state index is -0.274. The first-order valence-electron chi connectivity index (χ1n) is 5.77. The highest BCUT2D eigenvalue weighted by Crippen LogP contribution is 2.31. The minimum Gasteiger partial charge on any atom is -0.391 e. The summed E-state index contributed by atoms with van der Waals surface area (Å²) in [5, 5.41) is 10.5. The lowest BCUT2D eigenvalue weighted by molar-refractivity contribution is 0.191. The summed E-state index contributed by atoms with van der Waals surface area (Å²) in [7, 11) is 4.08. The molecule has 1 aliphatic rings. The van der Waals surface area contributed by atoms with E-state index in [1.165, 1.54) is 0 Å². The monoisotopic (exact) mass is 255 g/mol. The van der Waals surface area contributed by atoms with E-state index in [0.717, 1.165) is 18.7 Å². The average molecular weight is 256 g/mol. The number of likely N-dealkylation sites (N-methyl/N-ethyl adjacent to an activating group) is 1. The molecule has 1 N–H and O–H groups in total. The number of rotatable bonds is 3. The maximum Gasteiger partial charge on any atom is 0.0822 e. The Labute approximate surface area is 107 Å². The van der Waals surface area contributed by atoms with Gasteiger partial charge in [0.1, 0.15) is 0 Å². The van der Waals surface area contributed by atoms with Crippen molar-refractivity contribution in [3.8, 4) is 0 Å². The number of nitrogens with zero attached hydrogens (tertiary/aromatic N) is 3. The summed E-state index contributed by atoms with van der Waals surface area (Å²) in [5.41, 5.74) is 0.963. The number of aromatic nitrogens is 1. The first-order chi connectivity index (χ1) is 8.08. The van der Waals surface area contributed by atoms with Crippen LogP contribution in [0.1, 0.15) is 6.42 Å². The third-order valence-electron chi connectivity index (χ3n) is 3.03. The molecular formula is C12H18ClN3O. The largest absolute Gasteiger partial charge is 0.391 e. The van der Waals surface area contributed by atoms with Crippen LogP contribution in [-0.4, -0.2) is 54.3 Å². The van der Waals surface area contributed by atoms with Gasteiger partial charge in [-0.25, -0.2) is 0 Å². The topological polar surface area (TPSA) is 39.6 Å². The second-order valence-electron chi connectivity index (χ2n) is 4.79. The van der Waals surface area contributed by atoms with E-state index in [0.29, 0.717) is 17.6 Å². The molecule has 1 aliphatic heterocycles. The van der Waals surface area contributed by atoms with E-state index < -0.39 is 0 Å². The molecule has 5 heteroatoms. The number of hydrogen-bond acceptors (Lipinski definition) is 4. The Hall–Kier alpha value is -0.840. The maximum absolute atomic E-state index is 9.82. The highest BCUT2D eigenvalue weighted by molar-refractivity contribution is 6.33. The van der Waals surface area contributed by atoms with Gasteiger partial charge >= 0.3 is 0 Å². The number of aliphatic hydroxyl groups is 1. The molecule has 1 fully saturated rings. The number of pyridine rings is 1. The zero-order valence-corrected chi connectivity index (χ0v) is 10.9. The van der Waals surface area contributed by atoms with E-state index in [9.17, 15) is 5.11 Å². The molecule has 2 heterocycles. The molecule has 1 saturated heterocycles. The second-order valence-corrected chi connectivity index (χ2v) is 5.19. The zero-order valence-electron chi connectivity index (χ0n) is 10.2. The lowest BCUT2D eigenvalue weighted by atomic mass is 10.2. The van der Waals surface area contributed by atoms with Crippen molar-refractivity contribution in [3.63, 3.8) is 0 Å². The molecule has 0 aromatic carbocycles. The van der Waals surface area contributed by atoms with Crippen molar-refractivity contribution in [1.82, 2.24) is 9.88 Å². The summed E-state index contributed by atoms with van der Waals surface area (Å²) in [5.74, 6) is 0. The quantitative estimate of drug-likeness (QED) is 0.882. The van der Waals surface area contributed by atoms with Gasteiger partial charge in [0.2, 0.25) is 0 Å². The molecule has 0 saturated carbocycles. The molecule has 1 aromatic heterocycles. The molecule has 2 unspecified atom stereocenters. The van der Waals surface area contributed by atoms with Crippen molar-refractivity contribution >= 4 is 17.3 Å². The lowest BCUT2D eigenvalue weighted by Crippen LogP contribution is -2.37. The van der Waals surface area contributed by atoms with Crippen molar-refractivity contribution in [2.75, 3.05) is 32.1 Å². The molecule has 0 aliphatic carbocycles. The standard InChI is InChI=1S/C12H18ClN3O/c1-15(2)7-9-5-10(17)8-16(9)12-3-4-14-6-11(12)13/h3-4,6,9-10,17H,5,7-8H2,1-2H3. The van der Waals surface area contributed by atoms with Gasteiger partial charge in [0.05, 0.1) is 16.8 Å². The van der Waals surface area contributed by atoms with Gasteiger partial charge in [0.15, 0.2) is 0 Å². The van der Waals surface area contributed by atoms with Crippen LogP contribution in [0.5, 0.6) is 0 Å². The molecule has 2 atom stereocenters. The fourth-order valence-corrected chi connectivity index (χ4v) is 2.61. The van der Waals surface area contributed by atoms with Crippen LogP contribution in [0.15, 0.2) is 18.5 Å². The summed E-state index contributed by atoms with van der Waals surface area (Å²) in [6.45, 7) is 1.55. The van der Waals surface area contributed by atoms with Gasteiger partial charge in [-0.1, -0.05) is 11.6 Å². The highest BCUT2D eigenvalue weighted by Gasteiger charge is 2.32. The van der Waals surface area contributed by atoms with Crippen LogP contribution in [0, 0.1) is 0 Å². The summed E-state index contributed by atoms with van der Waals surface area (Å²) >= 11 is 6.15. The second kappa shape index (κ2) is 5.21. The Balaban J connectivity index is 2.21. The highest BCUT2D eigenvalue weighted by atomic mass is 35.5. The van der Waals surface area contributed by atoms with Crippen LogP contribution >= 0.6 is 11.6 Å². The SMILES string of the molecule is CN(C)CC1CC(O)CN1c1ccncc1Cl. The van der Waals surface area contributed by atoms with Gasteiger partial charge in [-0.2, -0.15) is 0 Å². The van der Waals surface area contributed by atoms with Crippen molar-refractivity contribution in [1.29, 1.82) is 0 Å². The van der Waals surface area contributed by atoms with Crippen LogP contribution in [0.4, 0.5) is 5.69 Å². The Kier molecular flexibility index (Phi) is 3.86. The predicted octanol–water partition coefficient (Wildman–Crippen LogP) is 1.24. The van der Waals surface area contributed by atoms with Crippen molar-refractivity contribution in [3.05, 3.63) is 23.5 Å². The number of aliphatic hydroxyl groups excluding tert-OH is 1. The van der Waals surface area contributed by atoms with E-state index in [1.807, 2.05) is 20.2 Å². The molecule has 94 valence electrons. The molecule has 4 nitrogen and oxygen atoms in total. The molecule has 0 spiro atoms. The van der Waals surface area contributed by atoms with Crippen LogP contribution in [0.3, 0.4) is 0 Å². The lowest BCUT2D eigenvalue weighted by Gasteiger charge is -2.29. The maximum atomic E-state index is 9.82.